The first-order chi connectivity index (χ1) is 11.2. The lowest BCUT2D eigenvalue weighted by atomic mass is 9.60. The van der Waals surface area contributed by atoms with Crippen LogP contribution >= 0.6 is 0 Å². The molecule has 4 bridgehead atoms. The number of rotatable bonds is 2. The molecule has 4 aliphatic rings. The fourth-order valence-electron chi connectivity index (χ4n) is 5.95. The first-order valence-corrected chi connectivity index (χ1v) is 8.83. The van der Waals surface area contributed by atoms with Crippen molar-refractivity contribution >= 4 is 10.9 Å². The van der Waals surface area contributed by atoms with Gasteiger partial charge in [0.25, 0.3) is 0 Å². The summed E-state index contributed by atoms with van der Waals surface area (Å²) < 4.78 is 0. The molecule has 0 radical (unpaired) electrons. The minimum atomic E-state index is 0.234. The lowest BCUT2D eigenvalue weighted by Gasteiger charge is -2.63. The number of nitrogens with one attached hydrogen (secondary N) is 1. The van der Waals surface area contributed by atoms with E-state index in [1.807, 2.05) is 0 Å². The zero-order chi connectivity index (χ0) is 15.7. The Hall–Kier alpha value is -1.36. The average molecular weight is 312 g/mol. The molecule has 122 valence electrons. The zero-order valence-corrected chi connectivity index (χ0v) is 13.4. The predicted molar refractivity (Wildman–Crippen MR) is 89.1 cm³/mol. The summed E-state index contributed by atoms with van der Waals surface area (Å²) in [6.07, 6.45) is 2.07. The molecule has 3 N–H and O–H groups in total. The quantitative estimate of drug-likeness (QED) is 0.796. The third kappa shape index (κ3) is 1.66. The maximum Gasteiger partial charge on any atom is 0.0510 e. The molecule has 4 aliphatic heterocycles. The average Bonchev–Trinajstić information content (AvgIpc) is 2.94. The molecular weight excluding hydrogens is 288 g/mol. The highest BCUT2D eigenvalue weighted by atomic mass is 16.3. The van der Waals surface area contributed by atoms with Gasteiger partial charge in [-0.05, 0) is 37.3 Å². The van der Waals surface area contributed by atoms with Crippen LogP contribution in [-0.4, -0.2) is 45.4 Å². The van der Waals surface area contributed by atoms with E-state index in [1.54, 1.807) is 0 Å². The van der Waals surface area contributed by atoms with Crippen LogP contribution in [0.15, 0.2) is 24.3 Å². The number of fused-ring (bicyclic) bond motifs is 4. The van der Waals surface area contributed by atoms with Gasteiger partial charge in [-0.2, -0.15) is 0 Å². The molecule has 0 spiro atoms. The molecule has 3 fully saturated rings. The van der Waals surface area contributed by atoms with Crippen molar-refractivity contribution in [3.63, 3.8) is 0 Å². The molecule has 4 heteroatoms. The van der Waals surface area contributed by atoms with Gasteiger partial charge in [0.05, 0.1) is 6.04 Å². The Morgan fingerprint density at radius 1 is 1.17 bits per heavy atom. The highest BCUT2D eigenvalue weighted by molar-refractivity contribution is 5.85. The third-order valence-corrected chi connectivity index (χ3v) is 6.94. The normalized spacial score (nSPS) is 41.3. The summed E-state index contributed by atoms with van der Waals surface area (Å²) in [4.78, 5) is 6.27. The molecule has 0 aliphatic carbocycles. The molecule has 0 amide bonds. The molecule has 7 atom stereocenters. The molecular formula is C19H24N2O2. The van der Waals surface area contributed by atoms with E-state index in [9.17, 15) is 10.2 Å². The van der Waals surface area contributed by atoms with E-state index >= 15 is 0 Å². The Labute approximate surface area is 136 Å². The molecule has 1 unspecified atom stereocenters. The van der Waals surface area contributed by atoms with Crippen molar-refractivity contribution in [2.75, 3.05) is 13.2 Å². The van der Waals surface area contributed by atoms with Crippen LogP contribution in [-0.2, 0) is 6.42 Å². The van der Waals surface area contributed by atoms with Gasteiger partial charge in [-0.25, -0.2) is 0 Å². The van der Waals surface area contributed by atoms with E-state index in [0.717, 1.165) is 12.8 Å². The minimum absolute atomic E-state index is 0.234. The van der Waals surface area contributed by atoms with Gasteiger partial charge in [0.15, 0.2) is 0 Å². The molecule has 1 aromatic carbocycles. The lowest BCUT2D eigenvalue weighted by Crippen LogP contribution is -2.67. The van der Waals surface area contributed by atoms with Crippen LogP contribution < -0.4 is 0 Å². The van der Waals surface area contributed by atoms with E-state index < -0.39 is 0 Å². The van der Waals surface area contributed by atoms with Crippen LogP contribution in [0.4, 0.5) is 0 Å². The molecule has 3 saturated heterocycles. The fraction of sp³-hybridized carbons (Fsp3) is 0.579. The summed E-state index contributed by atoms with van der Waals surface area (Å²) in [5.41, 5.74) is 4.07. The first-order valence-electron chi connectivity index (χ1n) is 8.83. The van der Waals surface area contributed by atoms with Crippen LogP contribution in [0, 0.1) is 17.8 Å². The maximum absolute atomic E-state index is 10.0. The number of H-pyrrole nitrogens is 1. The molecule has 6 rings (SSSR count). The highest BCUT2D eigenvalue weighted by Gasteiger charge is 2.57. The van der Waals surface area contributed by atoms with E-state index in [2.05, 4.69) is 41.1 Å². The Balaban J connectivity index is 1.68. The largest absolute Gasteiger partial charge is 0.396 e. The van der Waals surface area contributed by atoms with Crippen molar-refractivity contribution in [2.24, 2.45) is 17.8 Å². The number of aliphatic hydroxyl groups excluding tert-OH is 2. The van der Waals surface area contributed by atoms with Gasteiger partial charge in [-0.15, -0.1) is 0 Å². The van der Waals surface area contributed by atoms with Gasteiger partial charge in [-0.1, -0.05) is 18.2 Å². The van der Waals surface area contributed by atoms with E-state index in [0.29, 0.717) is 35.9 Å². The SMILES string of the molecule is C[C@H]1[C@H](CO)[C@H]2C[C@H]3c4[nH]c5ccccc5c4C[C@@H]([C@@H]2CO)N31. The summed E-state index contributed by atoms with van der Waals surface area (Å²) >= 11 is 0. The monoisotopic (exact) mass is 312 g/mol. The van der Waals surface area contributed by atoms with Crippen LogP contribution in [0.2, 0.25) is 0 Å². The van der Waals surface area contributed by atoms with Crippen molar-refractivity contribution in [1.29, 1.82) is 0 Å². The fourth-order valence-corrected chi connectivity index (χ4v) is 5.95. The second-order valence-corrected chi connectivity index (χ2v) is 7.63. The van der Waals surface area contributed by atoms with Crippen LogP contribution in [0.3, 0.4) is 0 Å². The highest BCUT2D eigenvalue weighted by Crippen LogP contribution is 2.56. The topological polar surface area (TPSA) is 59.5 Å². The molecule has 2 aromatic rings. The number of hydrogen-bond donors (Lipinski definition) is 3. The summed E-state index contributed by atoms with van der Waals surface area (Å²) in [6.45, 7) is 2.73. The predicted octanol–water partition coefficient (Wildman–Crippen LogP) is 2.07. The first kappa shape index (κ1) is 14.0. The standard InChI is InChI=1S/C19H24N2O2/c1-10-14(8-22)12-6-18-19-13(7-17(21(10)18)15(12)9-23)11-4-2-3-5-16(11)20-19/h2-5,10,12,14-15,17-18,20,22-23H,6-9H2,1H3/t10-,12+,14-,15+,17-,18-/m0/s1. The van der Waals surface area contributed by atoms with Crippen molar-refractivity contribution < 1.29 is 10.2 Å². The van der Waals surface area contributed by atoms with Crippen LogP contribution in [0.25, 0.3) is 10.9 Å². The number of benzene rings is 1. The van der Waals surface area contributed by atoms with Crippen molar-refractivity contribution in [3.05, 3.63) is 35.5 Å². The van der Waals surface area contributed by atoms with E-state index in [1.165, 1.54) is 22.2 Å². The van der Waals surface area contributed by atoms with Crippen LogP contribution in [0.1, 0.15) is 30.6 Å². The van der Waals surface area contributed by atoms with Gasteiger partial charge >= 0.3 is 0 Å². The van der Waals surface area contributed by atoms with Gasteiger partial charge < -0.3 is 15.2 Å². The number of hydrogen-bond acceptors (Lipinski definition) is 3. The summed E-state index contributed by atoms with van der Waals surface area (Å²) in [5, 5.41) is 21.2. The molecule has 5 heterocycles. The van der Waals surface area contributed by atoms with Crippen molar-refractivity contribution in [2.45, 2.75) is 37.9 Å². The number of nitrogens with zero attached hydrogens (tertiary/aromatic N) is 1. The summed E-state index contributed by atoms with van der Waals surface area (Å²) in [6, 6.07) is 9.79. The van der Waals surface area contributed by atoms with Gasteiger partial charge in [-0.3, -0.25) is 4.90 Å². The minimum Gasteiger partial charge on any atom is -0.396 e. The number of aromatic nitrogens is 1. The summed E-state index contributed by atoms with van der Waals surface area (Å²) in [5.74, 6) is 1.02. The van der Waals surface area contributed by atoms with Crippen molar-refractivity contribution in [3.8, 4) is 0 Å². The maximum atomic E-state index is 10.0. The molecule has 1 aromatic heterocycles. The lowest BCUT2D eigenvalue weighted by molar-refractivity contribution is -0.154. The smallest absolute Gasteiger partial charge is 0.0510 e. The number of aromatic amines is 1. The Bertz CT molecular complexity index is 755. The summed E-state index contributed by atoms with van der Waals surface area (Å²) in [7, 11) is 0. The second kappa shape index (κ2) is 4.82. The van der Waals surface area contributed by atoms with E-state index in [-0.39, 0.29) is 13.2 Å². The number of piperidine rings is 3. The second-order valence-electron chi connectivity index (χ2n) is 7.63. The Kier molecular flexibility index (Phi) is 2.94. The Morgan fingerprint density at radius 2 is 1.96 bits per heavy atom. The van der Waals surface area contributed by atoms with Crippen molar-refractivity contribution in [1.82, 2.24) is 9.88 Å². The number of para-hydroxylation sites is 1. The molecule has 23 heavy (non-hydrogen) atoms. The third-order valence-electron chi connectivity index (χ3n) is 6.94. The molecule has 4 nitrogen and oxygen atoms in total. The van der Waals surface area contributed by atoms with Gasteiger partial charge in [0.1, 0.15) is 0 Å². The Morgan fingerprint density at radius 3 is 2.74 bits per heavy atom. The zero-order valence-electron chi connectivity index (χ0n) is 13.4. The molecule has 0 saturated carbocycles. The number of aliphatic hydroxyl groups is 2. The van der Waals surface area contributed by atoms with Gasteiger partial charge in [0, 0.05) is 53.7 Å². The van der Waals surface area contributed by atoms with Crippen LogP contribution in [0.5, 0.6) is 0 Å². The van der Waals surface area contributed by atoms with E-state index in [4.69, 9.17) is 0 Å². The van der Waals surface area contributed by atoms with Gasteiger partial charge in [0.2, 0.25) is 0 Å².